The molecule has 1 amide bonds. The van der Waals surface area contributed by atoms with Crippen LogP contribution in [0.3, 0.4) is 0 Å². The molecule has 11 heteroatoms. The molecule has 1 saturated heterocycles. The molecule has 0 radical (unpaired) electrons. The van der Waals surface area contributed by atoms with E-state index in [1.165, 1.54) is 18.5 Å². The van der Waals surface area contributed by atoms with Gasteiger partial charge in [0.2, 0.25) is 0 Å². The first kappa shape index (κ1) is 31.4. The highest BCUT2D eigenvalue weighted by atomic mass is 19.1. The van der Waals surface area contributed by atoms with Crippen molar-refractivity contribution in [2.75, 3.05) is 31.1 Å². The predicted molar refractivity (Wildman–Crippen MR) is 159 cm³/mol. The molecule has 1 atom stereocenters. The highest BCUT2D eigenvalue weighted by molar-refractivity contribution is 5.96. The number of amides is 1. The smallest absolute Gasteiger partial charge is 0.341 e. The van der Waals surface area contributed by atoms with Crippen LogP contribution in [0.4, 0.5) is 10.1 Å². The molecule has 0 bridgehead atoms. The summed E-state index contributed by atoms with van der Waals surface area (Å²) >= 11 is 0. The number of halogens is 1. The lowest BCUT2D eigenvalue weighted by Gasteiger charge is -2.40. The molecule has 2 N–H and O–H groups in total. The van der Waals surface area contributed by atoms with E-state index in [2.05, 4.69) is 31.2 Å². The molecule has 1 fully saturated rings. The molecule has 0 unspecified atom stereocenters. The lowest BCUT2D eigenvalue weighted by atomic mass is 10.00. The first-order chi connectivity index (χ1) is 20.6. The summed E-state index contributed by atoms with van der Waals surface area (Å²) in [6.07, 6.45) is 3.94. The van der Waals surface area contributed by atoms with Gasteiger partial charge in [-0.05, 0) is 82.5 Å². The van der Waals surface area contributed by atoms with Gasteiger partial charge in [0.1, 0.15) is 17.9 Å². The summed E-state index contributed by atoms with van der Waals surface area (Å²) in [6, 6.07) is 13.7. The van der Waals surface area contributed by atoms with Crippen LogP contribution in [-0.4, -0.2) is 70.2 Å². The Morgan fingerprint density at radius 2 is 1.84 bits per heavy atom. The standard InChI is InChI=1S/C32H37FN6O4/c1-21(37-32(42)31-22(2)35-20-36-23(31)3)10-13-38-14-11-27(12-15-38)39(18-25-16-24(17-34)4-9-29(25)33)26-5-7-28(8-6-26)43-19-30(40)41/h4-9,16,20-21,27H,10-15,18-19H2,1-3H3,(H,37,42)(H,40,41)/t21-/m1/s1. The van der Waals surface area contributed by atoms with Crippen LogP contribution in [0.1, 0.15) is 59.1 Å². The van der Waals surface area contributed by atoms with E-state index in [9.17, 15) is 19.2 Å². The van der Waals surface area contributed by atoms with Gasteiger partial charge < -0.3 is 25.0 Å². The second-order valence-electron chi connectivity index (χ2n) is 10.9. The number of ether oxygens (including phenoxy) is 1. The number of nitriles is 1. The van der Waals surface area contributed by atoms with Crippen molar-refractivity contribution in [1.82, 2.24) is 20.2 Å². The Kier molecular flexibility index (Phi) is 10.6. The maximum atomic E-state index is 14.8. The summed E-state index contributed by atoms with van der Waals surface area (Å²) in [5.41, 5.74) is 3.53. The summed E-state index contributed by atoms with van der Waals surface area (Å²) in [4.78, 5) is 36.5. The monoisotopic (exact) mass is 588 g/mol. The van der Waals surface area contributed by atoms with Crippen molar-refractivity contribution in [3.8, 4) is 11.8 Å². The topological polar surface area (TPSA) is 132 Å². The number of hydrogen-bond acceptors (Lipinski definition) is 8. The van der Waals surface area contributed by atoms with Gasteiger partial charge in [-0.2, -0.15) is 5.26 Å². The third-order valence-electron chi connectivity index (χ3n) is 7.75. The van der Waals surface area contributed by atoms with E-state index in [-0.39, 0.29) is 30.4 Å². The number of hydrogen-bond donors (Lipinski definition) is 2. The number of carboxylic acids is 1. The lowest BCUT2D eigenvalue weighted by molar-refractivity contribution is -0.139. The first-order valence-corrected chi connectivity index (χ1v) is 14.4. The Labute approximate surface area is 251 Å². The molecular formula is C32H37FN6O4. The van der Waals surface area contributed by atoms with Gasteiger partial charge >= 0.3 is 5.97 Å². The maximum Gasteiger partial charge on any atom is 0.341 e. The fraction of sp³-hybridized carbons (Fsp3) is 0.406. The number of carbonyl (C=O) groups is 2. The Morgan fingerprint density at radius 3 is 2.47 bits per heavy atom. The van der Waals surface area contributed by atoms with Gasteiger partial charge in [0.05, 0.1) is 28.6 Å². The largest absolute Gasteiger partial charge is 0.482 e. The minimum Gasteiger partial charge on any atom is -0.482 e. The van der Waals surface area contributed by atoms with E-state index >= 15 is 0 Å². The van der Waals surface area contributed by atoms with E-state index < -0.39 is 12.6 Å². The van der Waals surface area contributed by atoms with Crippen LogP contribution in [-0.2, 0) is 11.3 Å². The van der Waals surface area contributed by atoms with Crippen molar-refractivity contribution in [3.63, 3.8) is 0 Å². The zero-order valence-corrected chi connectivity index (χ0v) is 24.7. The average Bonchev–Trinajstić information content (AvgIpc) is 2.99. The van der Waals surface area contributed by atoms with Crippen molar-refractivity contribution in [2.24, 2.45) is 0 Å². The number of aryl methyl sites for hydroxylation is 2. The van der Waals surface area contributed by atoms with Gasteiger partial charge in [-0.25, -0.2) is 19.2 Å². The third kappa shape index (κ3) is 8.49. The zero-order chi connectivity index (χ0) is 30.9. The first-order valence-electron chi connectivity index (χ1n) is 14.4. The van der Waals surface area contributed by atoms with Gasteiger partial charge in [-0.3, -0.25) is 4.79 Å². The number of benzene rings is 2. The number of carbonyl (C=O) groups excluding carboxylic acids is 1. The van der Waals surface area contributed by atoms with E-state index in [4.69, 9.17) is 9.84 Å². The van der Waals surface area contributed by atoms with Gasteiger partial charge in [0.25, 0.3) is 5.91 Å². The molecule has 0 aliphatic carbocycles. The summed E-state index contributed by atoms with van der Waals surface area (Å²) in [7, 11) is 0. The Morgan fingerprint density at radius 1 is 1.16 bits per heavy atom. The van der Waals surface area contributed by atoms with Crippen LogP contribution in [0.2, 0.25) is 0 Å². The number of anilines is 1. The van der Waals surface area contributed by atoms with Crippen LogP contribution in [0.5, 0.6) is 5.75 Å². The Balaban J connectivity index is 1.39. The fourth-order valence-electron chi connectivity index (χ4n) is 5.38. The molecule has 1 aliphatic rings. The predicted octanol–water partition coefficient (Wildman–Crippen LogP) is 4.25. The van der Waals surface area contributed by atoms with Crippen LogP contribution in [0.15, 0.2) is 48.8 Å². The minimum absolute atomic E-state index is 0.0297. The molecule has 1 aromatic heterocycles. The zero-order valence-electron chi connectivity index (χ0n) is 24.7. The normalized spacial score (nSPS) is 14.5. The van der Waals surface area contributed by atoms with Crippen molar-refractivity contribution in [3.05, 3.63) is 82.7 Å². The van der Waals surface area contributed by atoms with Crippen molar-refractivity contribution in [2.45, 2.75) is 58.7 Å². The number of nitrogens with zero attached hydrogens (tertiary/aromatic N) is 5. The molecule has 3 aromatic rings. The molecule has 2 heterocycles. The van der Waals surface area contributed by atoms with Crippen molar-refractivity contribution >= 4 is 17.6 Å². The third-order valence-corrected chi connectivity index (χ3v) is 7.75. The minimum atomic E-state index is -1.06. The Bertz CT molecular complexity index is 1450. The molecular weight excluding hydrogens is 551 g/mol. The number of carboxylic acid groups (broad SMARTS) is 1. The Hall–Kier alpha value is -4.56. The number of piperidine rings is 1. The van der Waals surface area contributed by atoms with Crippen molar-refractivity contribution in [1.29, 1.82) is 5.26 Å². The van der Waals surface area contributed by atoms with Gasteiger partial charge in [-0.1, -0.05) is 0 Å². The van der Waals surface area contributed by atoms with Crippen molar-refractivity contribution < 1.29 is 23.8 Å². The van der Waals surface area contributed by atoms with Gasteiger partial charge in [0, 0.05) is 49.5 Å². The summed E-state index contributed by atoms with van der Waals surface area (Å²) < 4.78 is 20.1. The highest BCUT2D eigenvalue weighted by Crippen LogP contribution is 2.29. The SMILES string of the molecule is Cc1ncnc(C)c1C(=O)N[C@H](C)CCN1CCC(N(Cc2cc(C#N)ccc2F)c2ccc(OCC(=O)O)cc2)CC1. The molecule has 10 nitrogen and oxygen atoms in total. The van der Waals surface area contributed by atoms with Crippen LogP contribution in [0.25, 0.3) is 0 Å². The second kappa shape index (κ2) is 14.6. The van der Waals surface area contributed by atoms with Crippen LogP contribution in [0, 0.1) is 31.0 Å². The molecule has 0 spiro atoms. The maximum absolute atomic E-state index is 14.8. The molecule has 4 rings (SSSR count). The lowest BCUT2D eigenvalue weighted by Crippen LogP contribution is -2.46. The van der Waals surface area contributed by atoms with Crippen LogP contribution < -0.4 is 15.0 Å². The van der Waals surface area contributed by atoms with E-state index in [0.29, 0.717) is 33.8 Å². The summed E-state index contributed by atoms with van der Waals surface area (Å²) in [5, 5.41) is 21.3. The quantitative estimate of drug-likeness (QED) is 0.319. The average molecular weight is 589 g/mol. The number of aromatic nitrogens is 2. The fourth-order valence-corrected chi connectivity index (χ4v) is 5.38. The number of likely N-dealkylation sites (tertiary alicyclic amines) is 1. The van der Waals surface area contributed by atoms with E-state index in [1.54, 1.807) is 32.0 Å². The van der Waals surface area contributed by atoms with Crippen LogP contribution >= 0.6 is 0 Å². The van der Waals surface area contributed by atoms with Gasteiger partial charge in [-0.15, -0.1) is 0 Å². The number of rotatable bonds is 12. The van der Waals surface area contributed by atoms with Gasteiger partial charge in [0.15, 0.2) is 6.61 Å². The van der Waals surface area contributed by atoms with E-state index in [0.717, 1.165) is 44.6 Å². The number of nitrogens with one attached hydrogen (secondary N) is 1. The summed E-state index contributed by atoms with van der Waals surface area (Å²) in [6.45, 7) is 7.96. The summed E-state index contributed by atoms with van der Waals surface area (Å²) in [5.74, 6) is -1.15. The second-order valence-corrected chi connectivity index (χ2v) is 10.9. The molecule has 2 aromatic carbocycles. The highest BCUT2D eigenvalue weighted by Gasteiger charge is 2.26. The van der Waals surface area contributed by atoms with E-state index in [1.807, 2.05) is 19.1 Å². The molecule has 1 aliphatic heterocycles. The molecule has 226 valence electrons. The molecule has 0 saturated carbocycles. The molecule has 43 heavy (non-hydrogen) atoms. The number of aliphatic carboxylic acids is 1.